The van der Waals surface area contributed by atoms with Crippen molar-refractivity contribution >= 4 is 9.84 Å². The zero-order chi connectivity index (χ0) is 9.19. The number of rotatable bonds is 2. The lowest BCUT2D eigenvalue weighted by atomic mass is 10.3. The first-order chi connectivity index (χ1) is 5.54. The van der Waals surface area contributed by atoms with Crippen molar-refractivity contribution in [3.8, 4) is 5.75 Å². The molecule has 1 aromatic rings. The van der Waals surface area contributed by atoms with Crippen LogP contribution >= 0.6 is 0 Å². The summed E-state index contributed by atoms with van der Waals surface area (Å²) in [5.74, 6) is 5.20. The Morgan fingerprint density at radius 1 is 1.42 bits per heavy atom. The molecule has 0 bridgehead atoms. The molecule has 0 aliphatic carbocycles. The van der Waals surface area contributed by atoms with E-state index in [9.17, 15) is 8.42 Å². The highest BCUT2D eigenvalue weighted by atomic mass is 32.2. The molecule has 5 heteroatoms. The fourth-order valence-corrected chi connectivity index (χ4v) is 1.43. The maximum Gasteiger partial charge on any atom is 0.175 e. The summed E-state index contributed by atoms with van der Waals surface area (Å²) in [5.41, 5.74) is 0. The van der Waals surface area contributed by atoms with Crippen molar-refractivity contribution in [1.82, 2.24) is 0 Å². The van der Waals surface area contributed by atoms with Crippen molar-refractivity contribution in [2.45, 2.75) is 4.90 Å². The van der Waals surface area contributed by atoms with E-state index < -0.39 is 9.84 Å². The Kier molecular flexibility index (Phi) is 2.35. The quantitative estimate of drug-likeness (QED) is 0.678. The minimum Gasteiger partial charge on any atom is -0.411 e. The van der Waals surface area contributed by atoms with Crippen LogP contribution < -0.4 is 10.7 Å². The van der Waals surface area contributed by atoms with Gasteiger partial charge in [-0.1, -0.05) is 6.07 Å². The average molecular weight is 187 g/mol. The molecule has 2 N–H and O–H groups in total. The fraction of sp³-hybridized carbons (Fsp3) is 0.143. The Morgan fingerprint density at radius 3 is 2.58 bits per heavy atom. The molecular weight excluding hydrogens is 178 g/mol. The minimum atomic E-state index is -3.17. The van der Waals surface area contributed by atoms with Gasteiger partial charge < -0.3 is 4.84 Å². The van der Waals surface area contributed by atoms with Gasteiger partial charge in [-0.25, -0.2) is 8.42 Å². The summed E-state index contributed by atoms with van der Waals surface area (Å²) in [6.07, 6.45) is 1.13. The Balaban J connectivity index is 3.20. The molecule has 0 aromatic heterocycles. The zero-order valence-corrected chi connectivity index (χ0v) is 7.34. The molecule has 0 fully saturated rings. The van der Waals surface area contributed by atoms with Gasteiger partial charge in [0.05, 0.1) is 4.90 Å². The van der Waals surface area contributed by atoms with Crippen LogP contribution in [-0.2, 0) is 9.84 Å². The van der Waals surface area contributed by atoms with Gasteiger partial charge in [-0.2, -0.15) is 5.90 Å². The van der Waals surface area contributed by atoms with Gasteiger partial charge in [-0.05, 0) is 12.1 Å². The van der Waals surface area contributed by atoms with E-state index in [1.165, 1.54) is 12.1 Å². The van der Waals surface area contributed by atoms with E-state index in [1.54, 1.807) is 12.1 Å². The van der Waals surface area contributed by atoms with Gasteiger partial charge in [-0.15, -0.1) is 0 Å². The largest absolute Gasteiger partial charge is 0.411 e. The highest BCUT2D eigenvalue weighted by molar-refractivity contribution is 7.90. The van der Waals surface area contributed by atoms with E-state index in [2.05, 4.69) is 4.84 Å². The zero-order valence-electron chi connectivity index (χ0n) is 6.52. The summed E-state index contributed by atoms with van der Waals surface area (Å²) in [4.78, 5) is 4.59. The molecular formula is C7H9NO3S. The van der Waals surface area contributed by atoms with Crippen molar-refractivity contribution in [3.63, 3.8) is 0 Å². The molecule has 66 valence electrons. The predicted molar refractivity (Wildman–Crippen MR) is 44.4 cm³/mol. The van der Waals surface area contributed by atoms with E-state index in [1.807, 2.05) is 0 Å². The van der Waals surface area contributed by atoms with Crippen LogP contribution in [0.1, 0.15) is 0 Å². The van der Waals surface area contributed by atoms with Gasteiger partial charge >= 0.3 is 0 Å². The summed E-state index contributed by atoms with van der Waals surface area (Å²) in [6, 6.07) is 6.00. The lowest BCUT2D eigenvalue weighted by Crippen LogP contribution is -2.03. The summed E-state index contributed by atoms with van der Waals surface area (Å²) in [7, 11) is -3.17. The minimum absolute atomic E-state index is 0.199. The second kappa shape index (κ2) is 3.12. The number of sulfone groups is 1. The van der Waals surface area contributed by atoms with E-state index >= 15 is 0 Å². The molecule has 0 saturated heterocycles. The van der Waals surface area contributed by atoms with E-state index in [0.29, 0.717) is 5.75 Å². The Bertz CT molecular complexity index is 372. The number of nitrogens with two attached hydrogens (primary N) is 1. The lowest BCUT2D eigenvalue weighted by molar-refractivity contribution is 0.333. The molecule has 0 aliphatic heterocycles. The van der Waals surface area contributed by atoms with Gasteiger partial charge in [0.1, 0.15) is 5.75 Å². The van der Waals surface area contributed by atoms with Crippen LogP contribution in [-0.4, -0.2) is 14.7 Å². The normalized spacial score (nSPS) is 11.2. The molecule has 1 aromatic carbocycles. The number of hydrogen-bond donors (Lipinski definition) is 1. The fourth-order valence-electron chi connectivity index (χ4n) is 0.778. The van der Waals surface area contributed by atoms with Crippen LogP contribution in [0.4, 0.5) is 0 Å². The first-order valence-corrected chi connectivity index (χ1v) is 5.10. The maximum absolute atomic E-state index is 11.0. The molecule has 4 nitrogen and oxygen atoms in total. The number of benzene rings is 1. The molecule has 0 atom stereocenters. The van der Waals surface area contributed by atoms with Crippen LogP contribution in [0.5, 0.6) is 5.75 Å². The van der Waals surface area contributed by atoms with Crippen molar-refractivity contribution in [2.24, 2.45) is 5.90 Å². The molecule has 0 aliphatic rings. The molecule has 0 spiro atoms. The molecule has 0 saturated carbocycles. The van der Waals surface area contributed by atoms with Crippen LogP contribution in [0.3, 0.4) is 0 Å². The lowest BCUT2D eigenvalue weighted by Gasteiger charge is -2.00. The predicted octanol–water partition coefficient (Wildman–Crippen LogP) is 0.343. The molecule has 12 heavy (non-hydrogen) atoms. The second-order valence-corrected chi connectivity index (χ2v) is 4.38. The van der Waals surface area contributed by atoms with Crippen molar-refractivity contribution in [3.05, 3.63) is 24.3 Å². The molecule has 0 heterocycles. The van der Waals surface area contributed by atoms with Crippen LogP contribution in [0.25, 0.3) is 0 Å². The number of hydrogen-bond acceptors (Lipinski definition) is 4. The average Bonchev–Trinajstić information content (AvgIpc) is 2.03. The Hall–Kier alpha value is -1.07. The third-order valence-corrected chi connectivity index (χ3v) is 2.48. The summed E-state index contributed by atoms with van der Waals surface area (Å²) in [6.45, 7) is 0. The molecule has 0 radical (unpaired) electrons. The van der Waals surface area contributed by atoms with Gasteiger partial charge in [0, 0.05) is 12.3 Å². The standard InChI is InChI=1S/C7H9NO3S/c1-12(9,10)7-4-2-3-6(5-7)11-8/h2-5H,8H2,1H3. The first-order valence-electron chi connectivity index (χ1n) is 3.21. The highest BCUT2D eigenvalue weighted by Crippen LogP contribution is 2.15. The first kappa shape index (κ1) is 9.02. The van der Waals surface area contributed by atoms with Gasteiger partial charge in [0.25, 0.3) is 0 Å². The SMILES string of the molecule is CS(=O)(=O)c1cccc(ON)c1. The van der Waals surface area contributed by atoms with E-state index in [-0.39, 0.29) is 4.90 Å². The van der Waals surface area contributed by atoms with Gasteiger partial charge in [-0.3, -0.25) is 0 Å². The monoisotopic (exact) mass is 187 g/mol. The maximum atomic E-state index is 11.0. The Morgan fingerprint density at radius 2 is 2.08 bits per heavy atom. The molecule has 1 rings (SSSR count). The third-order valence-electron chi connectivity index (χ3n) is 1.37. The van der Waals surface area contributed by atoms with Crippen molar-refractivity contribution < 1.29 is 13.3 Å². The topological polar surface area (TPSA) is 69.4 Å². The van der Waals surface area contributed by atoms with Crippen molar-refractivity contribution in [1.29, 1.82) is 0 Å². The van der Waals surface area contributed by atoms with Gasteiger partial charge in [0.2, 0.25) is 0 Å². The second-order valence-electron chi connectivity index (χ2n) is 2.36. The Labute approximate surface area is 70.8 Å². The van der Waals surface area contributed by atoms with Crippen molar-refractivity contribution in [2.75, 3.05) is 6.26 Å². The van der Waals surface area contributed by atoms with Crippen LogP contribution in [0.15, 0.2) is 29.2 Å². The summed E-state index contributed by atoms with van der Waals surface area (Å²) < 4.78 is 22.0. The molecule has 0 amide bonds. The summed E-state index contributed by atoms with van der Waals surface area (Å²) in [5, 5.41) is 0. The summed E-state index contributed by atoms with van der Waals surface area (Å²) >= 11 is 0. The van der Waals surface area contributed by atoms with E-state index in [4.69, 9.17) is 5.90 Å². The van der Waals surface area contributed by atoms with Gasteiger partial charge in [0.15, 0.2) is 9.84 Å². The third kappa shape index (κ3) is 1.96. The highest BCUT2D eigenvalue weighted by Gasteiger charge is 2.06. The van der Waals surface area contributed by atoms with Crippen LogP contribution in [0.2, 0.25) is 0 Å². The van der Waals surface area contributed by atoms with Crippen LogP contribution in [0, 0.1) is 0 Å². The van der Waals surface area contributed by atoms with E-state index in [0.717, 1.165) is 6.26 Å². The molecule has 0 unspecified atom stereocenters. The smallest absolute Gasteiger partial charge is 0.175 e.